The second kappa shape index (κ2) is 7.90. The molecular weight excluding hydrogens is 324 g/mol. The van der Waals surface area contributed by atoms with Crippen molar-refractivity contribution in [2.75, 3.05) is 56.5 Å². The molecule has 0 aromatic heterocycles. The van der Waals surface area contributed by atoms with E-state index in [1.54, 1.807) is 11.8 Å². The molecule has 2 heterocycles. The van der Waals surface area contributed by atoms with Gasteiger partial charge in [-0.15, -0.1) is 11.8 Å². The van der Waals surface area contributed by atoms with Gasteiger partial charge in [0.05, 0.1) is 12.2 Å². The van der Waals surface area contributed by atoms with E-state index in [1.807, 2.05) is 34.9 Å². The number of piperazine rings is 1. The number of hydrogen-bond acceptors (Lipinski definition) is 4. The van der Waals surface area contributed by atoms with Gasteiger partial charge in [-0.1, -0.05) is 12.1 Å². The van der Waals surface area contributed by atoms with Crippen molar-refractivity contribution in [1.82, 2.24) is 15.1 Å². The predicted molar refractivity (Wildman–Crippen MR) is 96.6 cm³/mol. The van der Waals surface area contributed by atoms with Crippen molar-refractivity contribution in [2.24, 2.45) is 0 Å². The van der Waals surface area contributed by atoms with Crippen LogP contribution in [-0.4, -0.2) is 73.3 Å². The Balaban J connectivity index is 1.55. The van der Waals surface area contributed by atoms with Crippen molar-refractivity contribution < 1.29 is 9.59 Å². The Labute approximate surface area is 147 Å². The van der Waals surface area contributed by atoms with E-state index in [4.69, 9.17) is 0 Å². The molecule has 1 saturated heterocycles. The van der Waals surface area contributed by atoms with Crippen molar-refractivity contribution in [3.8, 4) is 0 Å². The molecule has 0 bridgehead atoms. The number of benzene rings is 1. The monoisotopic (exact) mass is 348 g/mol. The highest BCUT2D eigenvalue weighted by Crippen LogP contribution is 2.34. The number of para-hydroxylation sites is 1. The largest absolute Gasteiger partial charge is 0.338 e. The highest BCUT2D eigenvalue weighted by atomic mass is 32.2. The highest BCUT2D eigenvalue weighted by molar-refractivity contribution is 7.99. The van der Waals surface area contributed by atoms with Gasteiger partial charge in [-0.3, -0.25) is 9.69 Å². The number of nitrogens with zero attached hydrogens (tertiary/aromatic N) is 3. The molecule has 130 valence electrons. The first-order valence-corrected chi connectivity index (χ1v) is 9.45. The van der Waals surface area contributed by atoms with Gasteiger partial charge in [-0.2, -0.15) is 0 Å². The molecule has 1 aromatic rings. The Kier molecular flexibility index (Phi) is 5.63. The average molecular weight is 348 g/mol. The standard InChI is InChI=1S/C17H24N4O2S/c1-2-18-17(23)20-9-7-19(8-10-20)13-16(22)21-11-12-24-15-6-4-3-5-14(15)21/h3-6H,2,7-13H2,1H3,(H,18,23). The SMILES string of the molecule is CCNC(=O)N1CCN(CC(=O)N2CCSc3ccccc32)CC1. The number of hydrogen-bond donors (Lipinski definition) is 1. The summed E-state index contributed by atoms with van der Waals surface area (Å²) in [5.41, 5.74) is 1.03. The van der Waals surface area contributed by atoms with Crippen molar-refractivity contribution in [3.63, 3.8) is 0 Å². The van der Waals surface area contributed by atoms with E-state index in [-0.39, 0.29) is 11.9 Å². The van der Waals surface area contributed by atoms with Crippen molar-refractivity contribution in [2.45, 2.75) is 11.8 Å². The summed E-state index contributed by atoms with van der Waals surface area (Å²) in [7, 11) is 0. The van der Waals surface area contributed by atoms with Gasteiger partial charge >= 0.3 is 6.03 Å². The van der Waals surface area contributed by atoms with Gasteiger partial charge in [-0.25, -0.2) is 4.79 Å². The Morgan fingerprint density at radius 2 is 1.88 bits per heavy atom. The van der Waals surface area contributed by atoms with Crippen LogP contribution in [0.3, 0.4) is 0 Å². The zero-order chi connectivity index (χ0) is 16.9. The van der Waals surface area contributed by atoms with Gasteiger partial charge < -0.3 is 15.1 Å². The first-order valence-electron chi connectivity index (χ1n) is 8.46. The number of anilines is 1. The lowest BCUT2D eigenvalue weighted by Gasteiger charge is -2.36. The summed E-state index contributed by atoms with van der Waals surface area (Å²) < 4.78 is 0. The van der Waals surface area contributed by atoms with Gasteiger partial charge in [0.15, 0.2) is 0 Å². The quantitative estimate of drug-likeness (QED) is 0.899. The highest BCUT2D eigenvalue weighted by Gasteiger charge is 2.26. The summed E-state index contributed by atoms with van der Waals surface area (Å²) in [6.07, 6.45) is 0. The minimum atomic E-state index is -0.00883. The van der Waals surface area contributed by atoms with Gasteiger partial charge in [0.25, 0.3) is 0 Å². The molecule has 0 atom stereocenters. The minimum absolute atomic E-state index is 0.00883. The van der Waals surface area contributed by atoms with Crippen LogP contribution < -0.4 is 10.2 Å². The molecule has 7 heteroatoms. The fraction of sp³-hybridized carbons (Fsp3) is 0.529. The third-order valence-corrected chi connectivity index (χ3v) is 5.42. The predicted octanol–water partition coefficient (Wildman–Crippen LogP) is 1.47. The van der Waals surface area contributed by atoms with Gasteiger partial charge in [0.1, 0.15) is 0 Å². The van der Waals surface area contributed by atoms with Crippen molar-refractivity contribution in [1.29, 1.82) is 0 Å². The summed E-state index contributed by atoms with van der Waals surface area (Å²) in [6, 6.07) is 8.08. The van der Waals surface area contributed by atoms with Crippen LogP contribution in [0.15, 0.2) is 29.2 Å². The molecule has 0 saturated carbocycles. The molecule has 0 aliphatic carbocycles. The number of thioether (sulfide) groups is 1. The topological polar surface area (TPSA) is 55.9 Å². The lowest BCUT2D eigenvalue weighted by atomic mass is 10.2. The fourth-order valence-electron chi connectivity index (χ4n) is 3.08. The van der Waals surface area contributed by atoms with E-state index >= 15 is 0 Å². The molecule has 0 unspecified atom stereocenters. The van der Waals surface area contributed by atoms with Gasteiger partial charge in [0, 0.05) is 49.9 Å². The number of nitrogens with one attached hydrogen (secondary N) is 1. The first kappa shape index (κ1) is 17.1. The van der Waals surface area contributed by atoms with Crippen LogP contribution in [0, 0.1) is 0 Å². The number of carbonyl (C=O) groups is 2. The molecule has 0 radical (unpaired) electrons. The molecule has 2 aliphatic heterocycles. The molecule has 1 fully saturated rings. The Morgan fingerprint density at radius 1 is 1.12 bits per heavy atom. The number of urea groups is 1. The summed E-state index contributed by atoms with van der Waals surface area (Å²) >= 11 is 1.81. The third kappa shape index (κ3) is 3.84. The fourth-order valence-corrected chi connectivity index (χ4v) is 4.07. The number of carbonyl (C=O) groups excluding carboxylic acids is 2. The van der Waals surface area contributed by atoms with E-state index in [1.165, 1.54) is 4.90 Å². The van der Waals surface area contributed by atoms with E-state index in [0.29, 0.717) is 26.2 Å². The molecule has 3 amide bonds. The summed E-state index contributed by atoms with van der Waals surface area (Å²) in [4.78, 5) is 31.6. The molecule has 0 spiro atoms. The zero-order valence-electron chi connectivity index (χ0n) is 14.0. The Morgan fingerprint density at radius 3 is 2.62 bits per heavy atom. The maximum absolute atomic E-state index is 12.7. The van der Waals surface area contributed by atoms with Gasteiger partial charge in [0.2, 0.25) is 5.91 Å². The second-order valence-electron chi connectivity index (χ2n) is 5.96. The van der Waals surface area contributed by atoms with E-state index in [2.05, 4.69) is 16.3 Å². The van der Waals surface area contributed by atoms with Gasteiger partial charge in [-0.05, 0) is 19.1 Å². The lowest BCUT2D eigenvalue weighted by Crippen LogP contribution is -2.54. The Bertz CT molecular complexity index is 602. The zero-order valence-corrected chi connectivity index (χ0v) is 14.8. The third-order valence-electron chi connectivity index (χ3n) is 4.38. The van der Waals surface area contributed by atoms with Crippen LogP contribution in [0.4, 0.5) is 10.5 Å². The lowest BCUT2D eigenvalue weighted by molar-refractivity contribution is -0.120. The molecule has 6 nitrogen and oxygen atoms in total. The maximum Gasteiger partial charge on any atom is 0.317 e. The molecule has 2 aliphatic rings. The van der Waals surface area contributed by atoms with Crippen LogP contribution in [0.1, 0.15) is 6.92 Å². The number of fused-ring (bicyclic) bond motifs is 1. The molecule has 24 heavy (non-hydrogen) atoms. The van der Waals surface area contributed by atoms with Crippen LogP contribution >= 0.6 is 11.8 Å². The molecule has 1 N–H and O–H groups in total. The maximum atomic E-state index is 12.7. The van der Waals surface area contributed by atoms with Crippen LogP contribution in [0.2, 0.25) is 0 Å². The number of amides is 3. The molecule has 1 aromatic carbocycles. The number of rotatable bonds is 3. The molecular formula is C17H24N4O2S. The van der Waals surface area contributed by atoms with Crippen LogP contribution in [0.5, 0.6) is 0 Å². The summed E-state index contributed by atoms with van der Waals surface area (Å²) in [5, 5.41) is 2.82. The summed E-state index contributed by atoms with van der Waals surface area (Å²) in [6.45, 7) is 6.57. The van der Waals surface area contributed by atoms with E-state index in [9.17, 15) is 9.59 Å². The summed E-state index contributed by atoms with van der Waals surface area (Å²) in [5.74, 6) is 1.09. The van der Waals surface area contributed by atoms with E-state index < -0.39 is 0 Å². The van der Waals surface area contributed by atoms with Crippen molar-refractivity contribution >= 4 is 29.4 Å². The minimum Gasteiger partial charge on any atom is -0.338 e. The van der Waals surface area contributed by atoms with Crippen LogP contribution in [0.25, 0.3) is 0 Å². The smallest absolute Gasteiger partial charge is 0.317 e. The molecule has 3 rings (SSSR count). The average Bonchev–Trinajstić information content (AvgIpc) is 2.62. The second-order valence-corrected chi connectivity index (χ2v) is 7.10. The van der Waals surface area contributed by atoms with Crippen LogP contribution in [-0.2, 0) is 4.79 Å². The normalized spacial score (nSPS) is 18.2. The Hall–Kier alpha value is -1.73. The van der Waals surface area contributed by atoms with Crippen molar-refractivity contribution in [3.05, 3.63) is 24.3 Å². The van der Waals surface area contributed by atoms with E-state index in [0.717, 1.165) is 31.1 Å². The first-order chi connectivity index (χ1) is 11.7.